The molecule has 0 aliphatic heterocycles. The second kappa shape index (κ2) is 10.1. The number of hydrogen-bond acceptors (Lipinski definition) is 1. The normalized spacial score (nSPS) is 13.9. The van der Waals surface area contributed by atoms with E-state index < -0.39 is 13.3 Å². The zero-order chi connectivity index (χ0) is 13.1. The molecule has 0 heterocycles. The van der Waals surface area contributed by atoms with E-state index in [0.29, 0.717) is 12.8 Å². The third-order valence-corrected chi connectivity index (χ3v) is 4.73. The molecule has 4 heteroatoms. The summed E-state index contributed by atoms with van der Waals surface area (Å²) in [6.45, 7) is 4.28. The van der Waals surface area contributed by atoms with Gasteiger partial charge in [0.05, 0.1) is 5.66 Å². The summed E-state index contributed by atoms with van der Waals surface area (Å²) in [5.41, 5.74) is -0.393. The van der Waals surface area contributed by atoms with Gasteiger partial charge in [-0.05, 0) is 12.8 Å². The van der Waals surface area contributed by atoms with Gasteiger partial charge in [-0.25, -0.2) is 0 Å². The van der Waals surface area contributed by atoms with Crippen LogP contribution in [0.4, 0.5) is 0 Å². The first kappa shape index (κ1) is 17.2. The zero-order valence-electron chi connectivity index (χ0n) is 11.4. The number of unbranched alkanes of at least 4 members (excludes halogenated alkanes) is 6. The molecule has 0 radical (unpaired) electrons. The van der Waals surface area contributed by atoms with Crippen LogP contribution in [0.1, 0.15) is 78.1 Å². The Kier molecular flexibility index (Phi) is 10.2. The van der Waals surface area contributed by atoms with Crippen LogP contribution in [0.25, 0.3) is 0 Å². The highest BCUT2D eigenvalue weighted by Crippen LogP contribution is 2.46. The lowest BCUT2D eigenvalue weighted by Gasteiger charge is -2.18. The van der Waals surface area contributed by atoms with E-state index in [1.54, 1.807) is 0 Å². The van der Waals surface area contributed by atoms with Crippen LogP contribution in [0.3, 0.4) is 0 Å². The molecule has 0 aliphatic carbocycles. The lowest BCUT2D eigenvalue weighted by molar-refractivity contribution is 0.346. The molecular formula is C13H29O3P. The van der Waals surface area contributed by atoms with Gasteiger partial charge in [-0.3, -0.25) is 4.57 Å². The average Bonchev–Trinajstić information content (AvgIpc) is 2.25. The van der Waals surface area contributed by atoms with Crippen LogP contribution in [0.15, 0.2) is 0 Å². The minimum Gasteiger partial charge on any atom is -0.324 e. The molecule has 0 amide bonds. The highest BCUT2D eigenvalue weighted by molar-refractivity contribution is 7.52. The lowest BCUT2D eigenvalue weighted by Crippen LogP contribution is -2.08. The van der Waals surface area contributed by atoms with E-state index in [0.717, 1.165) is 32.1 Å². The average molecular weight is 264 g/mol. The van der Waals surface area contributed by atoms with E-state index in [1.165, 1.54) is 19.3 Å². The summed E-state index contributed by atoms with van der Waals surface area (Å²) >= 11 is 0. The van der Waals surface area contributed by atoms with E-state index in [-0.39, 0.29) is 0 Å². The van der Waals surface area contributed by atoms with Crippen LogP contribution < -0.4 is 0 Å². The van der Waals surface area contributed by atoms with E-state index in [4.69, 9.17) is 0 Å². The van der Waals surface area contributed by atoms with Gasteiger partial charge in [0.1, 0.15) is 0 Å². The van der Waals surface area contributed by atoms with Crippen molar-refractivity contribution >= 4 is 7.60 Å². The Morgan fingerprint density at radius 2 is 1.24 bits per heavy atom. The highest BCUT2D eigenvalue weighted by Gasteiger charge is 2.27. The first-order chi connectivity index (χ1) is 8.02. The van der Waals surface area contributed by atoms with Gasteiger partial charge in [-0.2, -0.15) is 0 Å². The third-order valence-electron chi connectivity index (χ3n) is 3.26. The number of hydrogen-bond donors (Lipinski definition) is 2. The largest absolute Gasteiger partial charge is 0.328 e. The molecule has 2 N–H and O–H groups in total. The van der Waals surface area contributed by atoms with Crippen LogP contribution in [-0.2, 0) is 4.57 Å². The molecule has 0 rings (SSSR count). The fourth-order valence-electron chi connectivity index (χ4n) is 2.09. The SMILES string of the molecule is CCCCCCCC(CCCCC)P(=O)(O)O. The molecule has 104 valence electrons. The fraction of sp³-hybridized carbons (Fsp3) is 1.00. The summed E-state index contributed by atoms with van der Waals surface area (Å²) in [4.78, 5) is 18.6. The summed E-state index contributed by atoms with van der Waals surface area (Å²) in [5, 5.41) is 0. The van der Waals surface area contributed by atoms with Gasteiger partial charge in [-0.1, -0.05) is 65.2 Å². The summed E-state index contributed by atoms with van der Waals surface area (Å²) in [6, 6.07) is 0. The fourth-order valence-corrected chi connectivity index (χ4v) is 3.13. The topological polar surface area (TPSA) is 57.5 Å². The molecule has 0 spiro atoms. The molecule has 0 aromatic rings. The maximum Gasteiger partial charge on any atom is 0.328 e. The quantitative estimate of drug-likeness (QED) is 0.427. The summed E-state index contributed by atoms with van der Waals surface area (Å²) in [5.74, 6) is 0. The van der Waals surface area contributed by atoms with Crippen LogP contribution in [0.2, 0.25) is 0 Å². The second-order valence-electron chi connectivity index (χ2n) is 4.94. The molecule has 0 aliphatic rings. The van der Waals surface area contributed by atoms with Crippen molar-refractivity contribution in [2.75, 3.05) is 0 Å². The predicted octanol–water partition coefficient (Wildman–Crippen LogP) is 4.47. The monoisotopic (exact) mass is 264 g/mol. The summed E-state index contributed by atoms with van der Waals surface area (Å²) in [6.07, 6.45) is 10.2. The first-order valence-electron chi connectivity index (χ1n) is 7.07. The molecule has 0 aromatic carbocycles. The van der Waals surface area contributed by atoms with Gasteiger partial charge in [0.2, 0.25) is 0 Å². The van der Waals surface area contributed by atoms with Gasteiger partial charge < -0.3 is 9.79 Å². The second-order valence-corrected chi connectivity index (χ2v) is 6.85. The lowest BCUT2D eigenvalue weighted by atomic mass is 10.1. The Hall–Kier alpha value is 0.150. The van der Waals surface area contributed by atoms with Gasteiger partial charge in [0.15, 0.2) is 0 Å². The smallest absolute Gasteiger partial charge is 0.324 e. The van der Waals surface area contributed by atoms with Crippen LogP contribution >= 0.6 is 7.60 Å². The van der Waals surface area contributed by atoms with E-state index in [1.807, 2.05) is 0 Å². The van der Waals surface area contributed by atoms with Crippen molar-refractivity contribution in [3.8, 4) is 0 Å². The van der Waals surface area contributed by atoms with E-state index in [9.17, 15) is 14.4 Å². The molecule has 1 atom stereocenters. The van der Waals surface area contributed by atoms with Gasteiger partial charge in [0.25, 0.3) is 0 Å². The maximum absolute atomic E-state index is 11.3. The molecule has 1 unspecified atom stereocenters. The first-order valence-corrected chi connectivity index (χ1v) is 8.75. The van der Waals surface area contributed by atoms with Crippen LogP contribution in [-0.4, -0.2) is 15.4 Å². The van der Waals surface area contributed by atoms with Crippen molar-refractivity contribution < 1.29 is 14.4 Å². The number of rotatable bonds is 11. The Labute approximate surface area is 106 Å². The molecule has 17 heavy (non-hydrogen) atoms. The van der Waals surface area contributed by atoms with Crippen molar-refractivity contribution in [1.29, 1.82) is 0 Å². The Bertz CT molecular complexity index is 213. The molecule has 0 aromatic heterocycles. The molecular weight excluding hydrogens is 235 g/mol. The standard InChI is InChI=1S/C13H29O3P/c1-3-5-7-8-10-12-13(17(14,15)16)11-9-6-4-2/h13H,3-12H2,1-2H3,(H2,14,15,16). The Balaban J connectivity index is 3.83. The molecule has 3 nitrogen and oxygen atoms in total. The van der Waals surface area contributed by atoms with Crippen molar-refractivity contribution in [3.63, 3.8) is 0 Å². The van der Waals surface area contributed by atoms with Crippen molar-refractivity contribution in [2.24, 2.45) is 0 Å². The van der Waals surface area contributed by atoms with Gasteiger partial charge in [0, 0.05) is 0 Å². The predicted molar refractivity (Wildman–Crippen MR) is 73.4 cm³/mol. The Morgan fingerprint density at radius 3 is 1.71 bits per heavy atom. The molecule has 0 saturated carbocycles. The minimum atomic E-state index is -3.87. The van der Waals surface area contributed by atoms with E-state index in [2.05, 4.69) is 13.8 Å². The van der Waals surface area contributed by atoms with Gasteiger partial charge in [-0.15, -0.1) is 0 Å². The van der Waals surface area contributed by atoms with E-state index >= 15 is 0 Å². The minimum absolute atomic E-state index is 0.393. The van der Waals surface area contributed by atoms with Crippen LogP contribution in [0, 0.1) is 0 Å². The van der Waals surface area contributed by atoms with Crippen molar-refractivity contribution in [1.82, 2.24) is 0 Å². The molecule has 0 fully saturated rings. The highest BCUT2D eigenvalue weighted by atomic mass is 31.2. The third kappa shape index (κ3) is 9.82. The maximum atomic E-state index is 11.3. The summed E-state index contributed by atoms with van der Waals surface area (Å²) in [7, 11) is -3.87. The van der Waals surface area contributed by atoms with Gasteiger partial charge >= 0.3 is 7.60 Å². The molecule has 0 saturated heterocycles. The van der Waals surface area contributed by atoms with Crippen molar-refractivity contribution in [2.45, 2.75) is 83.7 Å². The molecule has 0 bridgehead atoms. The van der Waals surface area contributed by atoms with Crippen LogP contribution in [0.5, 0.6) is 0 Å². The van der Waals surface area contributed by atoms with Crippen molar-refractivity contribution in [3.05, 3.63) is 0 Å². The zero-order valence-corrected chi connectivity index (χ0v) is 12.3. The Morgan fingerprint density at radius 1 is 0.824 bits per heavy atom. The summed E-state index contributed by atoms with van der Waals surface area (Å²) < 4.78 is 11.3.